The quantitative estimate of drug-likeness (QED) is 0.557. The summed E-state index contributed by atoms with van der Waals surface area (Å²) < 4.78 is 9.15. The van der Waals surface area contributed by atoms with E-state index in [1.807, 2.05) is 6.92 Å². The molecule has 0 amide bonds. The molecule has 0 aliphatic carbocycles. The van der Waals surface area contributed by atoms with Crippen LogP contribution >= 0.6 is 11.5 Å². The topological polar surface area (TPSA) is 47.0 Å². The van der Waals surface area contributed by atoms with E-state index in [0.29, 0.717) is 13.2 Å². The Morgan fingerprint density at radius 3 is 3.23 bits per heavy atom. The van der Waals surface area contributed by atoms with E-state index in [1.54, 1.807) is 0 Å². The summed E-state index contributed by atoms with van der Waals surface area (Å²) in [5, 5.41) is 3.92. The Labute approximate surface area is 81.8 Å². The van der Waals surface area contributed by atoms with E-state index in [0.717, 1.165) is 17.2 Å². The molecule has 1 N–H and O–H groups in total. The lowest BCUT2D eigenvalue weighted by Crippen LogP contribution is -2.09. The van der Waals surface area contributed by atoms with E-state index in [2.05, 4.69) is 21.3 Å². The molecule has 0 unspecified atom stereocenters. The second-order valence-corrected chi connectivity index (χ2v) is 3.46. The number of nitrogens with one attached hydrogen (secondary N) is 1. The molecule has 0 spiro atoms. The van der Waals surface area contributed by atoms with Crippen LogP contribution in [0.1, 0.15) is 6.92 Å². The van der Waals surface area contributed by atoms with Crippen LogP contribution in [0.4, 0.5) is 5.13 Å². The van der Waals surface area contributed by atoms with Crippen molar-refractivity contribution in [2.45, 2.75) is 6.92 Å². The maximum Gasteiger partial charge on any atom is 0.202 e. The summed E-state index contributed by atoms with van der Waals surface area (Å²) in [4.78, 5) is 3.97. The van der Waals surface area contributed by atoms with E-state index in [9.17, 15) is 0 Å². The number of hydrogen-bond donors (Lipinski definition) is 1. The van der Waals surface area contributed by atoms with Gasteiger partial charge in [0.05, 0.1) is 13.2 Å². The Morgan fingerprint density at radius 2 is 2.62 bits per heavy atom. The Balaban J connectivity index is 1.99. The first-order chi connectivity index (χ1) is 6.29. The number of anilines is 1. The molecule has 0 aliphatic heterocycles. The van der Waals surface area contributed by atoms with Crippen LogP contribution in [0, 0.1) is 0 Å². The van der Waals surface area contributed by atoms with E-state index in [1.165, 1.54) is 17.9 Å². The summed E-state index contributed by atoms with van der Waals surface area (Å²) in [6, 6.07) is 0. The summed E-state index contributed by atoms with van der Waals surface area (Å²) in [5.74, 6) is 0. The summed E-state index contributed by atoms with van der Waals surface area (Å²) in [6.07, 6.45) is 1.53. The van der Waals surface area contributed by atoms with Crippen LogP contribution in [-0.2, 0) is 4.74 Å². The minimum Gasteiger partial charge on any atom is -0.375 e. The van der Waals surface area contributed by atoms with Crippen LogP contribution in [0.25, 0.3) is 0 Å². The standard InChI is InChI=1S/C8H13N3OS/c1-7(2)5-12-4-3-9-8-10-6-11-13-8/h6H,1,3-5H2,2H3,(H,9,10,11). The Hall–Kier alpha value is -0.940. The molecule has 1 aromatic rings. The molecule has 13 heavy (non-hydrogen) atoms. The Kier molecular flexibility index (Phi) is 4.42. The van der Waals surface area contributed by atoms with Crippen LogP contribution < -0.4 is 5.32 Å². The SMILES string of the molecule is C=C(C)COCCNc1ncns1. The monoisotopic (exact) mass is 199 g/mol. The minimum atomic E-state index is 0.623. The molecule has 0 saturated carbocycles. The second kappa shape index (κ2) is 5.66. The van der Waals surface area contributed by atoms with Crippen molar-refractivity contribution in [1.82, 2.24) is 9.36 Å². The fourth-order valence-corrected chi connectivity index (χ4v) is 1.18. The Morgan fingerprint density at radius 1 is 1.77 bits per heavy atom. The number of hydrogen-bond acceptors (Lipinski definition) is 5. The maximum absolute atomic E-state index is 5.29. The molecule has 0 atom stereocenters. The summed E-state index contributed by atoms with van der Waals surface area (Å²) in [5.41, 5.74) is 1.04. The average Bonchev–Trinajstić information content (AvgIpc) is 2.55. The van der Waals surface area contributed by atoms with Crippen molar-refractivity contribution in [3.05, 3.63) is 18.5 Å². The van der Waals surface area contributed by atoms with Crippen molar-refractivity contribution >= 4 is 16.7 Å². The molecule has 0 bridgehead atoms. The van der Waals surface area contributed by atoms with Crippen molar-refractivity contribution in [2.24, 2.45) is 0 Å². The molecule has 1 aromatic heterocycles. The number of nitrogens with zero attached hydrogens (tertiary/aromatic N) is 2. The lowest BCUT2D eigenvalue weighted by atomic mass is 10.4. The van der Waals surface area contributed by atoms with Gasteiger partial charge in [0.2, 0.25) is 5.13 Å². The highest BCUT2D eigenvalue weighted by molar-refractivity contribution is 7.09. The van der Waals surface area contributed by atoms with Gasteiger partial charge in [0, 0.05) is 18.1 Å². The van der Waals surface area contributed by atoms with Crippen molar-refractivity contribution in [3.8, 4) is 0 Å². The molecule has 0 fully saturated rings. The van der Waals surface area contributed by atoms with E-state index >= 15 is 0 Å². The van der Waals surface area contributed by atoms with Crippen LogP contribution in [-0.4, -0.2) is 29.1 Å². The molecule has 5 heteroatoms. The van der Waals surface area contributed by atoms with Crippen molar-refractivity contribution in [3.63, 3.8) is 0 Å². The van der Waals surface area contributed by atoms with Gasteiger partial charge in [-0.2, -0.15) is 4.37 Å². The summed E-state index contributed by atoms with van der Waals surface area (Å²) >= 11 is 1.34. The zero-order valence-electron chi connectivity index (χ0n) is 7.62. The van der Waals surface area contributed by atoms with Crippen LogP contribution in [0.15, 0.2) is 18.5 Å². The summed E-state index contributed by atoms with van der Waals surface area (Å²) in [6.45, 7) is 7.71. The number of rotatable bonds is 6. The normalized spacial score (nSPS) is 9.92. The highest BCUT2D eigenvalue weighted by Crippen LogP contribution is 2.04. The van der Waals surface area contributed by atoms with Gasteiger partial charge in [0.25, 0.3) is 0 Å². The Bertz CT molecular complexity index is 248. The lowest BCUT2D eigenvalue weighted by Gasteiger charge is -2.03. The molecule has 0 saturated heterocycles. The first kappa shape index (κ1) is 10.1. The number of aromatic nitrogens is 2. The lowest BCUT2D eigenvalue weighted by molar-refractivity contribution is 0.167. The van der Waals surface area contributed by atoms with E-state index in [-0.39, 0.29) is 0 Å². The van der Waals surface area contributed by atoms with E-state index in [4.69, 9.17) is 4.74 Å². The van der Waals surface area contributed by atoms with Gasteiger partial charge in [0.15, 0.2) is 0 Å². The molecular weight excluding hydrogens is 186 g/mol. The largest absolute Gasteiger partial charge is 0.375 e. The average molecular weight is 199 g/mol. The van der Waals surface area contributed by atoms with Crippen molar-refractivity contribution < 1.29 is 4.74 Å². The highest BCUT2D eigenvalue weighted by Gasteiger charge is 1.93. The van der Waals surface area contributed by atoms with Gasteiger partial charge in [-0.3, -0.25) is 0 Å². The van der Waals surface area contributed by atoms with Crippen molar-refractivity contribution in [2.75, 3.05) is 25.1 Å². The number of ether oxygens (including phenoxy) is 1. The molecule has 4 nitrogen and oxygen atoms in total. The zero-order valence-corrected chi connectivity index (χ0v) is 8.43. The van der Waals surface area contributed by atoms with Gasteiger partial charge in [-0.25, -0.2) is 4.98 Å². The third kappa shape index (κ3) is 4.59. The molecule has 1 rings (SSSR count). The third-order valence-electron chi connectivity index (χ3n) is 1.23. The van der Waals surface area contributed by atoms with Gasteiger partial charge >= 0.3 is 0 Å². The summed E-state index contributed by atoms with van der Waals surface area (Å²) in [7, 11) is 0. The molecule has 0 aliphatic rings. The fourth-order valence-electron chi connectivity index (χ4n) is 0.728. The second-order valence-electron chi connectivity index (χ2n) is 2.68. The van der Waals surface area contributed by atoms with Crippen molar-refractivity contribution in [1.29, 1.82) is 0 Å². The van der Waals surface area contributed by atoms with Gasteiger partial charge in [-0.1, -0.05) is 12.2 Å². The molecular formula is C8H13N3OS. The van der Waals surface area contributed by atoms with E-state index < -0.39 is 0 Å². The molecule has 0 aromatic carbocycles. The fraction of sp³-hybridized carbons (Fsp3) is 0.500. The predicted molar refractivity (Wildman–Crippen MR) is 54.0 cm³/mol. The maximum atomic E-state index is 5.29. The molecule has 1 heterocycles. The third-order valence-corrected chi connectivity index (χ3v) is 1.85. The van der Waals surface area contributed by atoms with Gasteiger partial charge in [0.1, 0.15) is 6.33 Å². The first-order valence-corrected chi connectivity index (χ1v) is 4.79. The first-order valence-electron chi connectivity index (χ1n) is 4.01. The minimum absolute atomic E-state index is 0.623. The predicted octanol–water partition coefficient (Wildman–Crippen LogP) is 1.54. The van der Waals surface area contributed by atoms with Crippen LogP contribution in [0.5, 0.6) is 0 Å². The van der Waals surface area contributed by atoms with Crippen LogP contribution in [0.3, 0.4) is 0 Å². The van der Waals surface area contributed by atoms with Crippen LogP contribution in [0.2, 0.25) is 0 Å². The van der Waals surface area contributed by atoms with Gasteiger partial charge < -0.3 is 10.1 Å². The van der Waals surface area contributed by atoms with Gasteiger partial charge in [-0.05, 0) is 6.92 Å². The molecule has 0 radical (unpaired) electrons. The molecule has 72 valence electrons. The highest BCUT2D eigenvalue weighted by atomic mass is 32.1. The smallest absolute Gasteiger partial charge is 0.202 e. The zero-order chi connectivity index (χ0) is 9.52. The van der Waals surface area contributed by atoms with Gasteiger partial charge in [-0.15, -0.1) is 0 Å².